The van der Waals surface area contributed by atoms with Gasteiger partial charge in [0, 0.05) is 12.5 Å². The summed E-state index contributed by atoms with van der Waals surface area (Å²) in [6.07, 6.45) is 8.02. The predicted molar refractivity (Wildman–Crippen MR) is 92.3 cm³/mol. The van der Waals surface area contributed by atoms with Gasteiger partial charge >= 0.3 is 0 Å². The third-order valence-corrected chi connectivity index (χ3v) is 3.75. The van der Waals surface area contributed by atoms with Crippen LogP contribution < -0.4 is 0 Å². The number of hydrogen-bond acceptors (Lipinski definition) is 2. The zero-order valence-corrected chi connectivity index (χ0v) is 14.3. The average Bonchev–Trinajstić information content (AvgIpc) is 2.51. The van der Waals surface area contributed by atoms with Crippen molar-refractivity contribution in [2.45, 2.75) is 64.7 Å². The number of alkyl halides is 1. The molecule has 0 spiro atoms. The molecule has 0 radical (unpaired) electrons. The number of aliphatic hydroxyl groups is 1. The normalized spacial score (nSPS) is 11.6. The lowest BCUT2D eigenvalue weighted by atomic mass is 9.91. The summed E-state index contributed by atoms with van der Waals surface area (Å²) in [5.41, 5.74) is 1.22. The minimum atomic E-state index is 0.231. The Balaban J connectivity index is 0.000000567. The Hall–Kier alpha value is -0.730. The van der Waals surface area contributed by atoms with Gasteiger partial charge in [-0.25, -0.2) is 0 Å². The topological polar surface area (TPSA) is 40.5 Å². The quantitative estimate of drug-likeness (QED) is 0.469. The number of phenolic OH excluding ortho intramolecular Hbond substituents is 1. The Morgan fingerprint density at radius 3 is 2.00 bits per heavy atom. The van der Waals surface area contributed by atoms with Gasteiger partial charge in [0.2, 0.25) is 0 Å². The first-order chi connectivity index (χ1) is 10.2. The minimum absolute atomic E-state index is 0.231. The van der Waals surface area contributed by atoms with Crippen LogP contribution in [-0.2, 0) is 0 Å². The SMILES string of the molecule is CCCCC(CCO)c1ccc(O)cc1.CCCCCCl. The molecule has 2 N–H and O–H groups in total. The van der Waals surface area contributed by atoms with Crippen molar-refractivity contribution in [2.75, 3.05) is 12.5 Å². The summed E-state index contributed by atoms with van der Waals surface area (Å²) in [5, 5.41) is 18.2. The highest BCUT2D eigenvalue weighted by molar-refractivity contribution is 6.17. The van der Waals surface area contributed by atoms with Crippen molar-refractivity contribution in [1.29, 1.82) is 0 Å². The number of rotatable bonds is 9. The second-order valence-electron chi connectivity index (χ2n) is 5.34. The molecule has 0 bridgehead atoms. The highest BCUT2D eigenvalue weighted by atomic mass is 35.5. The van der Waals surface area contributed by atoms with Gasteiger partial charge in [-0.1, -0.05) is 51.7 Å². The van der Waals surface area contributed by atoms with Crippen LogP contribution in [0.2, 0.25) is 0 Å². The largest absolute Gasteiger partial charge is 0.508 e. The fourth-order valence-electron chi connectivity index (χ4n) is 2.18. The minimum Gasteiger partial charge on any atom is -0.508 e. The zero-order chi connectivity index (χ0) is 15.9. The number of aliphatic hydroxyl groups excluding tert-OH is 1. The molecule has 0 aliphatic rings. The molecule has 2 nitrogen and oxygen atoms in total. The van der Waals surface area contributed by atoms with Crippen molar-refractivity contribution in [2.24, 2.45) is 0 Å². The van der Waals surface area contributed by atoms with Crippen LogP contribution in [0.3, 0.4) is 0 Å². The van der Waals surface area contributed by atoms with E-state index in [4.69, 9.17) is 16.7 Å². The summed E-state index contributed by atoms with van der Waals surface area (Å²) in [6.45, 7) is 4.58. The van der Waals surface area contributed by atoms with Crippen LogP contribution in [0.15, 0.2) is 24.3 Å². The van der Waals surface area contributed by atoms with Gasteiger partial charge in [-0.05, 0) is 42.9 Å². The van der Waals surface area contributed by atoms with Crippen molar-refractivity contribution < 1.29 is 10.2 Å². The van der Waals surface area contributed by atoms with E-state index in [0.717, 1.165) is 18.7 Å². The van der Waals surface area contributed by atoms with Crippen LogP contribution in [0.25, 0.3) is 0 Å². The summed E-state index contributed by atoms with van der Waals surface area (Å²) in [7, 11) is 0. The maximum Gasteiger partial charge on any atom is 0.115 e. The molecule has 0 amide bonds. The summed E-state index contributed by atoms with van der Waals surface area (Å²) >= 11 is 5.38. The highest BCUT2D eigenvalue weighted by Crippen LogP contribution is 2.26. The summed E-state index contributed by atoms with van der Waals surface area (Å²) in [5.74, 6) is 1.56. The molecule has 122 valence electrons. The monoisotopic (exact) mass is 314 g/mol. The Labute approximate surface area is 135 Å². The van der Waals surface area contributed by atoms with E-state index in [-0.39, 0.29) is 6.61 Å². The number of unbranched alkanes of at least 4 members (excludes halogenated alkanes) is 3. The second kappa shape index (κ2) is 14.2. The summed E-state index contributed by atoms with van der Waals surface area (Å²) in [4.78, 5) is 0. The van der Waals surface area contributed by atoms with Crippen LogP contribution in [0.5, 0.6) is 5.75 Å². The van der Waals surface area contributed by atoms with E-state index >= 15 is 0 Å². The molecule has 0 aliphatic carbocycles. The third-order valence-electron chi connectivity index (χ3n) is 3.49. The van der Waals surface area contributed by atoms with Crippen LogP contribution >= 0.6 is 11.6 Å². The van der Waals surface area contributed by atoms with Gasteiger partial charge < -0.3 is 10.2 Å². The molecule has 0 aliphatic heterocycles. The van der Waals surface area contributed by atoms with Gasteiger partial charge in [-0.2, -0.15) is 0 Å². The van der Waals surface area contributed by atoms with E-state index in [9.17, 15) is 5.11 Å². The van der Waals surface area contributed by atoms with E-state index in [1.54, 1.807) is 12.1 Å². The molecular weight excluding hydrogens is 284 g/mol. The highest BCUT2D eigenvalue weighted by Gasteiger charge is 2.10. The molecule has 0 aromatic heterocycles. The van der Waals surface area contributed by atoms with Crippen molar-refractivity contribution in [3.8, 4) is 5.75 Å². The lowest BCUT2D eigenvalue weighted by Gasteiger charge is -2.15. The number of phenols is 1. The first kappa shape index (κ1) is 20.3. The lowest BCUT2D eigenvalue weighted by molar-refractivity contribution is 0.271. The predicted octanol–water partition coefficient (Wildman–Crippen LogP) is 5.46. The van der Waals surface area contributed by atoms with Crippen molar-refractivity contribution in [3.05, 3.63) is 29.8 Å². The van der Waals surface area contributed by atoms with E-state index in [2.05, 4.69) is 13.8 Å². The molecule has 0 saturated carbocycles. The molecule has 1 aromatic rings. The number of benzene rings is 1. The van der Waals surface area contributed by atoms with Crippen LogP contribution in [-0.4, -0.2) is 22.7 Å². The third kappa shape index (κ3) is 10.6. The molecule has 1 unspecified atom stereocenters. The van der Waals surface area contributed by atoms with Gasteiger partial charge in [0.05, 0.1) is 0 Å². The molecule has 0 fully saturated rings. The summed E-state index contributed by atoms with van der Waals surface area (Å²) < 4.78 is 0. The first-order valence-corrected chi connectivity index (χ1v) is 8.68. The number of halogens is 1. The fourth-order valence-corrected chi connectivity index (χ4v) is 2.36. The molecule has 1 rings (SSSR count). The zero-order valence-electron chi connectivity index (χ0n) is 13.5. The van der Waals surface area contributed by atoms with Gasteiger partial charge in [0.15, 0.2) is 0 Å². The molecule has 1 aromatic carbocycles. The van der Waals surface area contributed by atoms with Crippen LogP contribution in [0, 0.1) is 0 Å². The molecule has 1 atom stereocenters. The molecular formula is C18H31ClO2. The molecule has 0 saturated heterocycles. The van der Waals surface area contributed by atoms with Crippen LogP contribution in [0.1, 0.15) is 70.3 Å². The molecule has 21 heavy (non-hydrogen) atoms. The van der Waals surface area contributed by atoms with E-state index in [0.29, 0.717) is 11.7 Å². The van der Waals surface area contributed by atoms with E-state index < -0.39 is 0 Å². The molecule has 3 heteroatoms. The van der Waals surface area contributed by atoms with Crippen LogP contribution in [0.4, 0.5) is 0 Å². The summed E-state index contributed by atoms with van der Waals surface area (Å²) in [6, 6.07) is 7.33. The van der Waals surface area contributed by atoms with Crippen molar-refractivity contribution in [3.63, 3.8) is 0 Å². The maximum atomic E-state index is 9.20. The Morgan fingerprint density at radius 2 is 1.57 bits per heavy atom. The lowest BCUT2D eigenvalue weighted by Crippen LogP contribution is -2.01. The van der Waals surface area contributed by atoms with E-state index in [1.807, 2.05) is 12.1 Å². The first-order valence-electron chi connectivity index (χ1n) is 8.15. The van der Waals surface area contributed by atoms with Gasteiger partial charge in [-0.15, -0.1) is 11.6 Å². The van der Waals surface area contributed by atoms with Gasteiger partial charge in [0.1, 0.15) is 5.75 Å². The fraction of sp³-hybridized carbons (Fsp3) is 0.667. The van der Waals surface area contributed by atoms with Crippen molar-refractivity contribution in [1.82, 2.24) is 0 Å². The standard InChI is InChI=1S/C13H20O2.C5H11Cl/c1-2-3-4-11(9-10-14)12-5-7-13(15)8-6-12;1-2-3-4-5-6/h5-8,11,14-15H,2-4,9-10H2,1H3;2-5H2,1H3. The Kier molecular flexibility index (Phi) is 13.7. The van der Waals surface area contributed by atoms with E-state index in [1.165, 1.54) is 37.7 Å². The average molecular weight is 315 g/mol. The van der Waals surface area contributed by atoms with Gasteiger partial charge in [0.25, 0.3) is 0 Å². The second-order valence-corrected chi connectivity index (χ2v) is 5.72. The Morgan fingerprint density at radius 1 is 0.952 bits per heavy atom. The van der Waals surface area contributed by atoms with Gasteiger partial charge in [-0.3, -0.25) is 0 Å². The Bertz CT molecular complexity index is 320. The van der Waals surface area contributed by atoms with Crippen molar-refractivity contribution >= 4 is 11.6 Å². The molecule has 0 heterocycles. The number of aromatic hydroxyl groups is 1. The maximum absolute atomic E-state index is 9.20. The smallest absolute Gasteiger partial charge is 0.115 e. The number of hydrogen-bond donors (Lipinski definition) is 2.